The Bertz CT molecular complexity index is 1230. The lowest BCUT2D eigenvalue weighted by molar-refractivity contribution is 0.0515. The standard InChI is InChI=1S/C27H30ClN5O2S/c1-34-24-16-23(33-12-9-19-5-2-3-6-20(19)17-33)30-25(31-24)32-26(36)29-18-27(10-13-35-14-11-27)21-7-4-8-22(28)15-21/h2-8,15-16H,9-14,17-18H2,1H3,(H2,29,30,31,32,36). The van der Waals surface area contributed by atoms with Crippen LogP contribution in [0.1, 0.15) is 29.5 Å². The van der Waals surface area contributed by atoms with Gasteiger partial charge in [0, 0.05) is 49.4 Å². The number of nitrogens with one attached hydrogen (secondary N) is 2. The van der Waals surface area contributed by atoms with Crippen molar-refractivity contribution in [3.05, 3.63) is 76.3 Å². The van der Waals surface area contributed by atoms with Gasteiger partial charge in [-0.25, -0.2) is 0 Å². The molecule has 0 radical (unpaired) electrons. The lowest BCUT2D eigenvalue weighted by Crippen LogP contribution is -2.45. The molecule has 3 aromatic rings. The predicted octanol–water partition coefficient (Wildman–Crippen LogP) is 4.74. The lowest BCUT2D eigenvalue weighted by atomic mass is 9.74. The summed E-state index contributed by atoms with van der Waals surface area (Å²) in [4.78, 5) is 11.5. The van der Waals surface area contributed by atoms with Crippen LogP contribution in [0.3, 0.4) is 0 Å². The fraction of sp³-hybridized carbons (Fsp3) is 0.370. The Hall–Kier alpha value is -2.94. The van der Waals surface area contributed by atoms with Crippen molar-refractivity contribution in [2.75, 3.05) is 43.6 Å². The average Bonchev–Trinajstić information content (AvgIpc) is 2.92. The van der Waals surface area contributed by atoms with Crippen LogP contribution in [0, 0.1) is 0 Å². The zero-order valence-corrected chi connectivity index (χ0v) is 21.9. The molecular weight excluding hydrogens is 494 g/mol. The van der Waals surface area contributed by atoms with E-state index in [4.69, 9.17) is 38.3 Å². The van der Waals surface area contributed by atoms with Crippen LogP contribution in [0.5, 0.6) is 5.88 Å². The van der Waals surface area contributed by atoms with Crippen molar-refractivity contribution < 1.29 is 9.47 Å². The van der Waals surface area contributed by atoms with Crippen molar-refractivity contribution >= 4 is 40.7 Å². The van der Waals surface area contributed by atoms with Gasteiger partial charge in [0.2, 0.25) is 11.8 Å². The van der Waals surface area contributed by atoms with Gasteiger partial charge >= 0.3 is 0 Å². The molecule has 2 N–H and O–H groups in total. The summed E-state index contributed by atoms with van der Waals surface area (Å²) in [6, 6.07) is 18.5. The Morgan fingerprint density at radius 2 is 1.92 bits per heavy atom. The van der Waals surface area contributed by atoms with Crippen LogP contribution in [0.25, 0.3) is 0 Å². The van der Waals surface area contributed by atoms with E-state index in [1.165, 1.54) is 16.7 Å². The number of hydrogen-bond acceptors (Lipinski definition) is 6. The van der Waals surface area contributed by atoms with Gasteiger partial charge in [-0.3, -0.25) is 0 Å². The molecule has 2 aliphatic heterocycles. The van der Waals surface area contributed by atoms with Gasteiger partial charge in [0.1, 0.15) is 5.82 Å². The van der Waals surface area contributed by atoms with Gasteiger partial charge in [-0.1, -0.05) is 48.0 Å². The molecule has 188 valence electrons. The van der Waals surface area contributed by atoms with E-state index >= 15 is 0 Å². The van der Waals surface area contributed by atoms with Crippen LogP contribution in [-0.2, 0) is 23.1 Å². The number of hydrogen-bond donors (Lipinski definition) is 2. The van der Waals surface area contributed by atoms with Gasteiger partial charge in [0.25, 0.3) is 0 Å². The lowest BCUT2D eigenvalue weighted by Gasteiger charge is -2.38. The monoisotopic (exact) mass is 523 g/mol. The van der Waals surface area contributed by atoms with Gasteiger partial charge in [-0.2, -0.15) is 9.97 Å². The highest BCUT2D eigenvalue weighted by molar-refractivity contribution is 7.80. The summed E-state index contributed by atoms with van der Waals surface area (Å²) in [5, 5.41) is 7.76. The summed E-state index contributed by atoms with van der Waals surface area (Å²) in [5.41, 5.74) is 3.78. The summed E-state index contributed by atoms with van der Waals surface area (Å²) in [5.74, 6) is 1.70. The van der Waals surface area contributed by atoms with Crippen molar-refractivity contribution in [3.63, 3.8) is 0 Å². The Labute approximate surface area is 222 Å². The van der Waals surface area contributed by atoms with Gasteiger partial charge in [-0.15, -0.1) is 0 Å². The first-order valence-corrected chi connectivity index (χ1v) is 13.0. The number of nitrogens with zero attached hydrogens (tertiary/aromatic N) is 3. The van der Waals surface area contributed by atoms with Crippen molar-refractivity contribution in [2.24, 2.45) is 0 Å². The first kappa shape index (κ1) is 24.7. The van der Waals surface area contributed by atoms with Crippen LogP contribution in [-0.4, -0.2) is 48.5 Å². The second kappa shape index (κ2) is 11.0. The number of anilines is 2. The molecule has 36 heavy (non-hydrogen) atoms. The number of rotatable bonds is 6. The molecule has 0 aliphatic carbocycles. The van der Waals surface area contributed by atoms with Crippen LogP contribution in [0.4, 0.5) is 11.8 Å². The molecule has 2 aromatic carbocycles. The molecule has 0 spiro atoms. The maximum absolute atomic E-state index is 6.31. The first-order chi connectivity index (χ1) is 17.5. The molecule has 0 unspecified atom stereocenters. The number of ether oxygens (including phenoxy) is 2. The van der Waals surface area contributed by atoms with E-state index in [1.54, 1.807) is 7.11 Å². The Morgan fingerprint density at radius 3 is 2.69 bits per heavy atom. The quantitative estimate of drug-likeness (QED) is 0.449. The highest BCUT2D eigenvalue weighted by Gasteiger charge is 2.34. The largest absolute Gasteiger partial charge is 0.481 e. The van der Waals surface area contributed by atoms with E-state index in [2.05, 4.69) is 50.8 Å². The minimum absolute atomic E-state index is 0.115. The van der Waals surface area contributed by atoms with Gasteiger partial charge in [0.05, 0.1) is 7.11 Å². The Kier molecular flexibility index (Phi) is 7.55. The molecule has 0 amide bonds. The summed E-state index contributed by atoms with van der Waals surface area (Å²) in [6.45, 7) is 3.74. The minimum atomic E-state index is -0.115. The van der Waals surface area contributed by atoms with E-state index in [9.17, 15) is 0 Å². The van der Waals surface area contributed by atoms with Gasteiger partial charge in [0.15, 0.2) is 5.11 Å². The maximum Gasteiger partial charge on any atom is 0.234 e. The van der Waals surface area contributed by atoms with E-state index in [0.717, 1.165) is 43.2 Å². The third kappa shape index (κ3) is 5.56. The smallest absolute Gasteiger partial charge is 0.234 e. The summed E-state index contributed by atoms with van der Waals surface area (Å²) >= 11 is 12.0. The molecule has 2 aliphatic rings. The molecule has 7 nitrogen and oxygen atoms in total. The number of benzene rings is 2. The SMILES string of the molecule is COc1cc(N2CCc3ccccc3C2)nc(NC(=S)NCC2(c3cccc(Cl)c3)CCOCC2)n1. The van der Waals surface area contributed by atoms with Crippen molar-refractivity contribution in [1.82, 2.24) is 15.3 Å². The third-order valence-corrected chi connectivity index (χ3v) is 7.53. The minimum Gasteiger partial charge on any atom is -0.481 e. The Balaban J connectivity index is 1.29. The number of aromatic nitrogens is 2. The highest BCUT2D eigenvalue weighted by atomic mass is 35.5. The number of halogens is 1. The molecule has 1 saturated heterocycles. The van der Waals surface area contributed by atoms with Crippen LogP contribution in [0.2, 0.25) is 5.02 Å². The van der Waals surface area contributed by atoms with E-state index in [1.807, 2.05) is 24.3 Å². The number of methoxy groups -OCH3 is 1. The van der Waals surface area contributed by atoms with Gasteiger partial charge < -0.3 is 25.0 Å². The molecule has 0 atom stereocenters. The summed E-state index contributed by atoms with van der Waals surface area (Å²) in [6.07, 6.45) is 2.75. The third-order valence-electron chi connectivity index (χ3n) is 7.05. The van der Waals surface area contributed by atoms with Gasteiger partial charge in [-0.05, 0) is 60.3 Å². The maximum atomic E-state index is 6.31. The molecule has 3 heterocycles. The fourth-order valence-corrected chi connectivity index (χ4v) is 5.32. The average molecular weight is 524 g/mol. The molecule has 9 heteroatoms. The van der Waals surface area contributed by atoms with E-state index in [0.29, 0.717) is 36.7 Å². The van der Waals surface area contributed by atoms with Crippen molar-refractivity contribution in [3.8, 4) is 5.88 Å². The highest BCUT2D eigenvalue weighted by Crippen LogP contribution is 2.35. The molecule has 1 fully saturated rings. The number of thiocarbonyl (C=S) groups is 1. The predicted molar refractivity (Wildman–Crippen MR) is 147 cm³/mol. The fourth-order valence-electron chi connectivity index (χ4n) is 4.97. The molecular formula is C27H30ClN5O2S. The topological polar surface area (TPSA) is 71.5 Å². The molecule has 0 saturated carbocycles. The Morgan fingerprint density at radius 1 is 1.11 bits per heavy atom. The zero-order chi connectivity index (χ0) is 25.0. The van der Waals surface area contributed by atoms with Crippen molar-refractivity contribution in [1.29, 1.82) is 0 Å². The van der Waals surface area contributed by atoms with Crippen LogP contribution >= 0.6 is 23.8 Å². The zero-order valence-electron chi connectivity index (χ0n) is 20.3. The van der Waals surface area contributed by atoms with Crippen LogP contribution < -0.4 is 20.3 Å². The van der Waals surface area contributed by atoms with E-state index in [-0.39, 0.29) is 5.41 Å². The van der Waals surface area contributed by atoms with Crippen molar-refractivity contribution in [2.45, 2.75) is 31.2 Å². The summed E-state index contributed by atoms with van der Waals surface area (Å²) < 4.78 is 11.1. The molecule has 5 rings (SSSR count). The molecule has 1 aromatic heterocycles. The summed E-state index contributed by atoms with van der Waals surface area (Å²) in [7, 11) is 1.61. The molecule has 0 bridgehead atoms. The number of fused-ring (bicyclic) bond motifs is 1. The second-order valence-corrected chi connectivity index (χ2v) is 10.1. The van der Waals surface area contributed by atoms with Crippen LogP contribution in [0.15, 0.2) is 54.6 Å². The second-order valence-electron chi connectivity index (χ2n) is 9.24. The van der Waals surface area contributed by atoms with E-state index < -0.39 is 0 Å². The normalized spacial score (nSPS) is 16.7. The first-order valence-electron chi connectivity index (χ1n) is 12.2.